The summed E-state index contributed by atoms with van der Waals surface area (Å²) in [5.41, 5.74) is 1.42. The molecule has 150 valence electrons. The molecule has 9 nitrogen and oxygen atoms in total. The first-order valence-corrected chi connectivity index (χ1v) is 9.50. The molecule has 1 saturated heterocycles. The molecule has 0 unspecified atom stereocenters. The highest BCUT2D eigenvalue weighted by molar-refractivity contribution is 5.79. The SMILES string of the molecule is CN(C)c1cnnc(N2CCN(C(=O)Cn3cnc4ccccc4c3=O)CC2)c1. The first-order valence-electron chi connectivity index (χ1n) is 9.50. The van der Waals surface area contributed by atoms with Crippen molar-refractivity contribution in [2.24, 2.45) is 0 Å². The molecule has 0 radical (unpaired) electrons. The van der Waals surface area contributed by atoms with Crippen molar-refractivity contribution < 1.29 is 4.79 Å². The van der Waals surface area contributed by atoms with Crippen LogP contribution in [0.15, 0.2) is 47.7 Å². The molecule has 0 saturated carbocycles. The van der Waals surface area contributed by atoms with Crippen LogP contribution in [0.3, 0.4) is 0 Å². The second-order valence-electron chi connectivity index (χ2n) is 7.23. The Labute approximate surface area is 168 Å². The van der Waals surface area contributed by atoms with Crippen LogP contribution in [-0.4, -0.2) is 70.8 Å². The lowest BCUT2D eigenvalue weighted by Crippen LogP contribution is -2.50. The molecular formula is C20H23N7O2. The molecule has 1 aromatic carbocycles. The number of aromatic nitrogens is 4. The van der Waals surface area contributed by atoms with Crippen molar-refractivity contribution in [1.29, 1.82) is 0 Å². The van der Waals surface area contributed by atoms with Crippen molar-refractivity contribution in [3.63, 3.8) is 0 Å². The van der Waals surface area contributed by atoms with Gasteiger partial charge in [0.2, 0.25) is 5.91 Å². The number of benzene rings is 1. The Morgan fingerprint density at radius 1 is 1.14 bits per heavy atom. The summed E-state index contributed by atoms with van der Waals surface area (Å²) in [6.07, 6.45) is 3.17. The van der Waals surface area contributed by atoms with Gasteiger partial charge in [-0.2, -0.15) is 5.10 Å². The number of nitrogens with zero attached hydrogens (tertiary/aromatic N) is 7. The van der Waals surface area contributed by atoms with Crippen LogP contribution in [0, 0.1) is 0 Å². The minimum atomic E-state index is -0.196. The van der Waals surface area contributed by atoms with Crippen LogP contribution in [0.1, 0.15) is 0 Å². The van der Waals surface area contributed by atoms with E-state index in [-0.39, 0.29) is 18.0 Å². The molecule has 0 bridgehead atoms. The molecule has 1 fully saturated rings. The van der Waals surface area contributed by atoms with Gasteiger partial charge < -0.3 is 14.7 Å². The van der Waals surface area contributed by atoms with Gasteiger partial charge in [0.25, 0.3) is 5.56 Å². The Kier molecular flexibility index (Phi) is 5.11. The lowest BCUT2D eigenvalue weighted by atomic mass is 10.2. The highest BCUT2D eigenvalue weighted by atomic mass is 16.2. The van der Waals surface area contributed by atoms with Crippen LogP contribution >= 0.6 is 0 Å². The number of anilines is 2. The number of hydrogen-bond donors (Lipinski definition) is 0. The van der Waals surface area contributed by atoms with E-state index in [9.17, 15) is 9.59 Å². The highest BCUT2D eigenvalue weighted by Crippen LogP contribution is 2.18. The fourth-order valence-corrected chi connectivity index (χ4v) is 3.39. The number of carbonyl (C=O) groups is 1. The minimum absolute atomic E-state index is 0.00735. The van der Waals surface area contributed by atoms with Crippen molar-refractivity contribution in [2.45, 2.75) is 6.54 Å². The maximum Gasteiger partial charge on any atom is 0.261 e. The predicted octanol–water partition coefficient (Wildman–Crippen LogP) is 0.601. The van der Waals surface area contributed by atoms with Crippen molar-refractivity contribution in [1.82, 2.24) is 24.6 Å². The number of rotatable bonds is 4. The fourth-order valence-electron chi connectivity index (χ4n) is 3.39. The Hall–Kier alpha value is -3.49. The second kappa shape index (κ2) is 7.86. The molecule has 29 heavy (non-hydrogen) atoms. The number of amides is 1. The summed E-state index contributed by atoms with van der Waals surface area (Å²) in [6.45, 7) is 2.47. The number of fused-ring (bicyclic) bond motifs is 1. The Morgan fingerprint density at radius 3 is 2.66 bits per heavy atom. The molecule has 0 spiro atoms. The lowest BCUT2D eigenvalue weighted by Gasteiger charge is -2.35. The zero-order valence-electron chi connectivity index (χ0n) is 16.5. The van der Waals surface area contributed by atoms with Gasteiger partial charge in [-0.15, -0.1) is 5.10 Å². The molecule has 0 atom stereocenters. The van der Waals surface area contributed by atoms with E-state index >= 15 is 0 Å². The van der Waals surface area contributed by atoms with Crippen molar-refractivity contribution in [2.75, 3.05) is 50.1 Å². The third-order valence-corrected chi connectivity index (χ3v) is 5.14. The van der Waals surface area contributed by atoms with Crippen LogP contribution in [0.5, 0.6) is 0 Å². The molecule has 1 aliphatic rings. The summed E-state index contributed by atoms with van der Waals surface area (Å²) >= 11 is 0. The van der Waals surface area contributed by atoms with Gasteiger partial charge in [0.05, 0.1) is 29.1 Å². The summed E-state index contributed by atoms with van der Waals surface area (Å²) in [6, 6.07) is 9.14. The van der Waals surface area contributed by atoms with Crippen LogP contribution in [0.2, 0.25) is 0 Å². The van der Waals surface area contributed by atoms with Gasteiger partial charge in [-0.1, -0.05) is 12.1 Å². The van der Waals surface area contributed by atoms with Crippen LogP contribution in [0.25, 0.3) is 10.9 Å². The van der Waals surface area contributed by atoms with Crippen molar-refractivity contribution >= 4 is 28.3 Å². The lowest BCUT2D eigenvalue weighted by molar-refractivity contribution is -0.132. The highest BCUT2D eigenvalue weighted by Gasteiger charge is 2.23. The molecule has 0 N–H and O–H groups in total. The topological polar surface area (TPSA) is 87.5 Å². The third-order valence-electron chi connectivity index (χ3n) is 5.14. The van der Waals surface area contributed by atoms with E-state index in [1.807, 2.05) is 31.1 Å². The number of carbonyl (C=O) groups excluding carboxylic acids is 1. The second-order valence-corrected chi connectivity index (χ2v) is 7.23. The van der Waals surface area contributed by atoms with Crippen LogP contribution in [-0.2, 0) is 11.3 Å². The molecule has 1 aliphatic heterocycles. The summed E-state index contributed by atoms with van der Waals surface area (Å²) < 4.78 is 1.38. The van der Waals surface area contributed by atoms with E-state index in [2.05, 4.69) is 20.1 Å². The molecule has 1 amide bonds. The molecular weight excluding hydrogens is 370 g/mol. The van der Waals surface area contributed by atoms with E-state index in [1.54, 1.807) is 29.3 Å². The zero-order valence-corrected chi connectivity index (χ0v) is 16.5. The smallest absolute Gasteiger partial charge is 0.261 e. The minimum Gasteiger partial charge on any atom is -0.376 e. The summed E-state index contributed by atoms with van der Waals surface area (Å²) in [7, 11) is 3.92. The summed E-state index contributed by atoms with van der Waals surface area (Å²) in [5.74, 6) is 0.718. The van der Waals surface area contributed by atoms with Gasteiger partial charge in [-0.25, -0.2) is 4.98 Å². The van der Waals surface area contributed by atoms with Gasteiger partial charge in [0.15, 0.2) is 5.82 Å². The largest absolute Gasteiger partial charge is 0.376 e. The van der Waals surface area contributed by atoms with Crippen molar-refractivity contribution in [3.05, 3.63) is 53.2 Å². The van der Waals surface area contributed by atoms with Gasteiger partial charge >= 0.3 is 0 Å². The molecule has 9 heteroatoms. The van der Waals surface area contributed by atoms with Crippen molar-refractivity contribution in [3.8, 4) is 0 Å². The monoisotopic (exact) mass is 393 g/mol. The third kappa shape index (κ3) is 3.89. The Morgan fingerprint density at radius 2 is 1.90 bits per heavy atom. The number of hydrogen-bond acceptors (Lipinski definition) is 7. The van der Waals surface area contributed by atoms with E-state index in [0.717, 1.165) is 11.5 Å². The number of piperazine rings is 1. The Balaban J connectivity index is 1.41. The quantitative estimate of drug-likeness (QED) is 0.641. The zero-order chi connectivity index (χ0) is 20.4. The molecule has 4 rings (SSSR count). The van der Waals surface area contributed by atoms with E-state index in [0.29, 0.717) is 37.1 Å². The first kappa shape index (κ1) is 18.9. The van der Waals surface area contributed by atoms with E-state index in [1.165, 1.54) is 10.9 Å². The summed E-state index contributed by atoms with van der Waals surface area (Å²) in [5, 5.41) is 8.80. The molecule has 3 aromatic rings. The van der Waals surface area contributed by atoms with Gasteiger partial charge in [0, 0.05) is 46.3 Å². The average molecular weight is 393 g/mol. The Bertz CT molecular complexity index is 1090. The maximum atomic E-state index is 12.7. The van der Waals surface area contributed by atoms with E-state index < -0.39 is 0 Å². The van der Waals surface area contributed by atoms with Gasteiger partial charge in [-0.3, -0.25) is 14.2 Å². The predicted molar refractivity (Wildman–Crippen MR) is 111 cm³/mol. The molecule has 3 heterocycles. The first-order chi connectivity index (χ1) is 14.0. The number of para-hydroxylation sites is 1. The fraction of sp³-hybridized carbons (Fsp3) is 0.350. The molecule has 0 aliphatic carbocycles. The van der Waals surface area contributed by atoms with Gasteiger partial charge in [-0.05, 0) is 12.1 Å². The maximum absolute atomic E-state index is 12.7. The van der Waals surface area contributed by atoms with Crippen LogP contribution in [0.4, 0.5) is 11.5 Å². The summed E-state index contributed by atoms with van der Waals surface area (Å²) in [4.78, 5) is 35.5. The van der Waals surface area contributed by atoms with E-state index in [4.69, 9.17) is 0 Å². The normalized spacial score (nSPS) is 14.3. The van der Waals surface area contributed by atoms with Gasteiger partial charge in [0.1, 0.15) is 6.54 Å². The average Bonchev–Trinajstić information content (AvgIpc) is 2.76. The van der Waals surface area contributed by atoms with Crippen LogP contribution < -0.4 is 15.4 Å². The standard InChI is InChI=1S/C20H23N7O2/c1-24(2)15-11-18(23-22-12-15)25-7-9-26(10-8-25)19(28)13-27-14-21-17-6-4-3-5-16(17)20(27)29/h3-6,11-12,14H,7-10,13H2,1-2H3. The molecule has 2 aromatic heterocycles.